The molecule has 4 rings (SSSR count). The van der Waals surface area contributed by atoms with Crippen molar-refractivity contribution in [3.63, 3.8) is 0 Å². The molecular weight excluding hydrogens is 456 g/mol. The minimum absolute atomic E-state index is 0.0452. The molecule has 8 nitrogen and oxygen atoms in total. The van der Waals surface area contributed by atoms with Crippen LogP contribution in [0.4, 0.5) is 17.1 Å². The molecule has 2 amide bonds. The number of amides is 2. The molecule has 2 aromatic rings. The van der Waals surface area contributed by atoms with E-state index in [1.54, 1.807) is 27.2 Å². The van der Waals surface area contributed by atoms with E-state index in [9.17, 15) is 9.59 Å². The van der Waals surface area contributed by atoms with E-state index in [1.165, 1.54) is 19.3 Å². The monoisotopic (exact) mass is 492 g/mol. The maximum Gasteiger partial charge on any atom is 0.256 e. The molecule has 8 heteroatoms. The van der Waals surface area contributed by atoms with E-state index in [2.05, 4.69) is 15.5 Å². The maximum atomic E-state index is 12.6. The van der Waals surface area contributed by atoms with Crippen molar-refractivity contribution in [2.75, 3.05) is 55.9 Å². The number of hydrogen-bond acceptors (Lipinski definition) is 6. The van der Waals surface area contributed by atoms with Crippen LogP contribution in [0.2, 0.25) is 0 Å². The number of rotatable bonds is 9. The van der Waals surface area contributed by atoms with Gasteiger partial charge in [-0.2, -0.15) is 0 Å². The number of anilines is 3. The summed E-state index contributed by atoms with van der Waals surface area (Å²) in [6, 6.07) is 11.4. The molecule has 0 bridgehead atoms. The predicted octanol–water partition coefficient (Wildman–Crippen LogP) is 4.38. The summed E-state index contributed by atoms with van der Waals surface area (Å²) in [4.78, 5) is 29.2. The largest absolute Gasteiger partial charge is 0.493 e. The van der Waals surface area contributed by atoms with Gasteiger partial charge >= 0.3 is 0 Å². The highest BCUT2D eigenvalue weighted by Crippen LogP contribution is 2.40. The number of ether oxygens (including phenoxy) is 2. The average molecular weight is 493 g/mol. The first kappa shape index (κ1) is 25.6. The highest BCUT2D eigenvalue weighted by atomic mass is 16.5. The second-order valence-electron chi connectivity index (χ2n) is 9.34. The quantitative estimate of drug-likeness (QED) is 0.506. The van der Waals surface area contributed by atoms with Crippen LogP contribution in [-0.4, -0.2) is 63.2 Å². The van der Waals surface area contributed by atoms with E-state index in [4.69, 9.17) is 9.47 Å². The molecule has 1 saturated heterocycles. The zero-order valence-corrected chi connectivity index (χ0v) is 21.6. The molecule has 0 aliphatic carbocycles. The van der Waals surface area contributed by atoms with E-state index in [0.717, 1.165) is 36.6 Å². The van der Waals surface area contributed by atoms with Crippen LogP contribution < -0.4 is 25.0 Å². The van der Waals surface area contributed by atoms with Crippen molar-refractivity contribution in [3.8, 4) is 11.5 Å². The van der Waals surface area contributed by atoms with Gasteiger partial charge in [-0.15, -0.1) is 0 Å². The number of carbonyl (C=O) groups is 2. The highest BCUT2D eigenvalue weighted by Gasteiger charge is 2.27. The van der Waals surface area contributed by atoms with Crippen LogP contribution in [0.25, 0.3) is 5.57 Å². The lowest BCUT2D eigenvalue weighted by atomic mass is 10.0. The first-order valence-electron chi connectivity index (χ1n) is 12.6. The number of carbonyl (C=O) groups excluding carboxylic acids is 2. The van der Waals surface area contributed by atoms with Gasteiger partial charge in [-0.1, -0.05) is 6.42 Å². The van der Waals surface area contributed by atoms with Crippen LogP contribution in [0.5, 0.6) is 11.5 Å². The van der Waals surface area contributed by atoms with Gasteiger partial charge in [0.1, 0.15) is 0 Å². The Bertz CT molecular complexity index is 1120. The fourth-order valence-corrected chi connectivity index (χ4v) is 4.87. The normalized spacial score (nSPS) is 17.3. The molecule has 36 heavy (non-hydrogen) atoms. The zero-order valence-electron chi connectivity index (χ0n) is 21.6. The Morgan fingerprint density at radius 3 is 2.42 bits per heavy atom. The molecule has 0 spiro atoms. The van der Waals surface area contributed by atoms with Crippen molar-refractivity contribution in [2.45, 2.75) is 39.2 Å². The summed E-state index contributed by atoms with van der Waals surface area (Å²) < 4.78 is 10.8. The topological polar surface area (TPSA) is 83.1 Å². The van der Waals surface area contributed by atoms with Gasteiger partial charge in [0.05, 0.1) is 19.9 Å². The number of fused-ring (bicyclic) bond motifs is 1. The molecule has 1 atom stereocenters. The van der Waals surface area contributed by atoms with E-state index >= 15 is 0 Å². The summed E-state index contributed by atoms with van der Waals surface area (Å²) in [7, 11) is 3.14. The average Bonchev–Trinajstić information content (AvgIpc) is 3.18. The predicted molar refractivity (Wildman–Crippen MR) is 144 cm³/mol. The molecular formula is C28H36N4O4. The maximum absolute atomic E-state index is 12.6. The molecule has 2 aliphatic rings. The summed E-state index contributed by atoms with van der Waals surface area (Å²) in [5.74, 6) is 1.03. The Morgan fingerprint density at radius 2 is 1.78 bits per heavy atom. The van der Waals surface area contributed by atoms with Crippen molar-refractivity contribution in [1.29, 1.82) is 0 Å². The van der Waals surface area contributed by atoms with Crippen molar-refractivity contribution in [3.05, 3.63) is 48.0 Å². The molecule has 2 aliphatic heterocycles. The van der Waals surface area contributed by atoms with Gasteiger partial charge in [0.2, 0.25) is 5.91 Å². The second kappa shape index (κ2) is 11.5. The summed E-state index contributed by atoms with van der Waals surface area (Å²) in [5.41, 5.74) is 3.87. The van der Waals surface area contributed by atoms with Crippen LogP contribution in [0.15, 0.2) is 42.5 Å². The van der Waals surface area contributed by atoms with Gasteiger partial charge in [-0.05, 0) is 69.3 Å². The van der Waals surface area contributed by atoms with Gasteiger partial charge in [0, 0.05) is 54.6 Å². The number of hydrogen-bond donors (Lipinski definition) is 2. The van der Waals surface area contributed by atoms with Crippen molar-refractivity contribution in [2.24, 2.45) is 0 Å². The fourth-order valence-electron chi connectivity index (χ4n) is 4.87. The third-order valence-corrected chi connectivity index (χ3v) is 6.77. The van der Waals surface area contributed by atoms with Crippen LogP contribution in [0, 0.1) is 0 Å². The standard InChI is InChI=1S/C28H36N4O4/c1-19(16-24-23-17-26(35-3)27(36-4)18-25(23)30-28(24)34)29-21-8-10-22(11-9-21)32(20(2)33)15-14-31-12-6-5-7-13-31/h8-11,16-19,29H,5-7,12-15H2,1-4H3,(H,30,34). The molecule has 0 saturated carbocycles. The molecule has 2 aromatic carbocycles. The van der Waals surface area contributed by atoms with E-state index in [-0.39, 0.29) is 17.9 Å². The lowest BCUT2D eigenvalue weighted by molar-refractivity contribution is -0.116. The van der Waals surface area contributed by atoms with Gasteiger partial charge < -0.3 is 29.9 Å². The van der Waals surface area contributed by atoms with Gasteiger partial charge in [-0.3, -0.25) is 9.59 Å². The number of methoxy groups -OCH3 is 2. The Hall–Kier alpha value is -3.52. The SMILES string of the molecule is COc1cc2c(cc1OC)C(=CC(C)Nc1ccc(N(CCN3CCCCC3)C(C)=O)cc1)C(=O)N2. The minimum Gasteiger partial charge on any atom is -0.493 e. The summed E-state index contributed by atoms with van der Waals surface area (Å²) in [6.45, 7) is 7.42. The summed E-state index contributed by atoms with van der Waals surface area (Å²) in [6.07, 6.45) is 5.69. The smallest absolute Gasteiger partial charge is 0.256 e. The van der Waals surface area contributed by atoms with Crippen LogP contribution in [-0.2, 0) is 9.59 Å². The summed E-state index contributed by atoms with van der Waals surface area (Å²) in [5, 5.41) is 6.32. The number of likely N-dealkylation sites (tertiary alicyclic amines) is 1. The highest BCUT2D eigenvalue weighted by molar-refractivity contribution is 6.31. The van der Waals surface area contributed by atoms with Gasteiger partial charge in [-0.25, -0.2) is 0 Å². The first-order chi connectivity index (χ1) is 17.4. The van der Waals surface area contributed by atoms with Crippen molar-refractivity contribution in [1.82, 2.24) is 4.90 Å². The third-order valence-electron chi connectivity index (χ3n) is 6.77. The molecule has 192 valence electrons. The zero-order chi connectivity index (χ0) is 25.7. The lowest BCUT2D eigenvalue weighted by Gasteiger charge is -2.29. The molecule has 0 aromatic heterocycles. The van der Waals surface area contributed by atoms with Crippen molar-refractivity contribution >= 4 is 34.4 Å². The molecule has 1 unspecified atom stereocenters. The Labute approximate surface area is 213 Å². The summed E-state index contributed by atoms with van der Waals surface area (Å²) >= 11 is 0. The van der Waals surface area contributed by atoms with Crippen molar-refractivity contribution < 1.29 is 19.1 Å². The second-order valence-corrected chi connectivity index (χ2v) is 9.34. The molecule has 0 radical (unpaired) electrons. The molecule has 2 heterocycles. The number of piperidine rings is 1. The molecule has 1 fully saturated rings. The number of nitrogens with one attached hydrogen (secondary N) is 2. The first-order valence-corrected chi connectivity index (χ1v) is 12.6. The minimum atomic E-state index is -0.157. The van der Waals surface area contributed by atoms with Crippen LogP contribution >= 0.6 is 0 Å². The Morgan fingerprint density at radius 1 is 1.11 bits per heavy atom. The third kappa shape index (κ3) is 5.82. The number of benzene rings is 2. The fraction of sp³-hybridized carbons (Fsp3) is 0.429. The van der Waals surface area contributed by atoms with Crippen LogP contribution in [0.3, 0.4) is 0 Å². The van der Waals surface area contributed by atoms with Gasteiger partial charge in [0.15, 0.2) is 11.5 Å². The Balaban J connectivity index is 1.43. The van der Waals surface area contributed by atoms with E-state index < -0.39 is 0 Å². The Kier molecular flexibility index (Phi) is 8.15. The van der Waals surface area contributed by atoms with Crippen LogP contribution in [0.1, 0.15) is 38.7 Å². The lowest BCUT2D eigenvalue weighted by Crippen LogP contribution is -2.39. The van der Waals surface area contributed by atoms with Gasteiger partial charge in [0.25, 0.3) is 5.91 Å². The number of nitrogens with zero attached hydrogens (tertiary/aromatic N) is 2. The van der Waals surface area contributed by atoms with E-state index in [1.807, 2.05) is 48.2 Å². The van der Waals surface area contributed by atoms with E-state index in [0.29, 0.717) is 29.3 Å². The molecule has 2 N–H and O–H groups in total.